The summed E-state index contributed by atoms with van der Waals surface area (Å²) >= 11 is 1.63. The molecule has 2 N–H and O–H groups in total. The Balaban J connectivity index is 1.98. The van der Waals surface area contributed by atoms with E-state index in [1.54, 1.807) is 11.8 Å². The van der Waals surface area contributed by atoms with Crippen molar-refractivity contribution >= 4 is 11.8 Å². The van der Waals surface area contributed by atoms with Crippen LogP contribution in [0.4, 0.5) is 0 Å². The van der Waals surface area contributed by atoms with Crippen LogP contribution in [-0.2, 0) is 18.6 Å². The van der Waals surface area contributed by atoms with Crippen LogP contribution in [0.25, 0.3) is 0 Å². The Kier molecular flexibility index (Phi) is 6.12. The molecule has 120 valence electrons. The van der Waals surface area contributed by atoms with Crippen LogP contribution in [0.3, 0.4) is 0 Å². The number of thioether (sulfide) groups is 1. The summed E-state index contributed by atoms with van der Waals surface area (Å²) in [4.78, 5) is 13.7. The second kappa shape index (κ2) is 8.08. The average molecular weight is 321 g/mol. The van der Waals surface area contributed by atoms with Crippen LogP contribution in [0, 0.1) is 0 Å². The standard InChI is InChI=1S/C16H23N3O2S/c1-4-11-7-8-13(9-12(11)5-2)21-15(6-3)22-10-14-17-16(20)19-18-14/h7-9,15H,4-6,10H2,1-3H3,(H2,17,18,19,20). The zero-order valence-corrected chi connectivity index (χ0v) is 14.1. The first-order valence-electron chi connectivity index (χ1n) is 7.69. The zero-order valence-electron chi connectivity index (χ0n) is 13.3. The topological polar surface area (TPSA) is 70.8 Å². The first-order chi connectivity index (χ1) is 10.7. The molecule has 2 aromatic rings. The Morgan fingerprint density at radius 3 is 2.59 bits per heavy atom. The van der Waals surface area contributed by atoms with E-state index in [2.05, 4.69) is 48.1 Å². The SMILES string of the molecule is CCc1ccc(OC(CC)SCc2n[nH]c(=O)[nH]2)cc1CC. The van der Waals surface area contributed by atoms with E-state index in [1.807, 2.05) is 6.07 Å². The van der Waals surface area contributed by atoms with E-state index < -0.39 is 0 Å². The normalized spacial score (nSPS) is 12.3. The second-order valence-electron chi connectivity index (χ2n) is 5.03. The number of hydrogen-bond acceptors (Lipinski definition) is 4. The van der Waals surface area contributed by atoms with Crippen molar-refractivity contribution in [3.05, 3.63) is 45.6 Å². The fourth-order valence-electron chi connectivity index (χ4n) is 2.28. The minimum atomic E-state index is -0.271. The van der Waals surface area contributed by atoms with Crippen LogP contribution in [0.2, 0.25) is 0 Å². The van der Waals surface area contributed by atoms with E-state index in [0.717, 1.165) is 25.0 Å². The van der Waals surface area contributed by atoms with Gasteiger partial charge in [-0.2, -0.15) is 5.10 Å². The highest BCUT2D eigenvalue weighted by Gasteiger charge is 2.11. The molecule has 1 unspecified atom stereocenters. The third-order valence-electron chi connectivity index (χ3n) is 3.50. The number of nitrogens with one attached hydrogen (secondary N) is 2. The largest absolute Gasteiger partial charge is 0.480 e. The van der Waals surface area contributed by atoms with E-state index in [0.29, 0.717) is 11.6 Å². The Bertz CT molecular complexity index is 651. The van der Waals surface area contributed by atoms with Crippen molar-refractivity contribution in [1.29, 1.82) is 0 Å². The van der Waals surface area contributed by atoms with Gasteiger partial charge in [0.25, 0.3) is 0 Å². The summed E-state index contributed by atoms with van der Waals surface area (Å²) in [6.07, 6.45) is 2.94. The van der Waals surface area contributed by atoms with Crippen molar-refractivity contribution < 1.29 is 4.74 Å². The number of nitrogens with zero attached hydrogens (tertiary/aromatic N) is 1. The predicted molar refractivity (Wildman–Crippen MR) is 90.4 cm³/mol. The molecule has 1 aromatic carbocycles. The molecule has 0 radical (unpaired) electrons. The van der Waals surface area contributed by atoms with Gasteiger partial charge in [-0.25, -0.2) is 9.89 Å². The van der Waals surface area contributed by atoms with E-state index in [4.69, 9.17) is 4.74 Å². The molecular weight excluding hydrogens is 298 g/mol. The number of rotatable bonds is 8. The van der Waals surface area contributed by atoms with Gasteiger partial charge in [-0.3, -0.25) is 4.98 Å². The van der Waals surface area contributed by atoms with Crippen LogP contribution in [-0.4, -0.2) is 20.6 Å². The molecular formula is C16H23N3O2S. The fraction of sp³-hybridized carbons (Fsp3) is 0.500. The van der Waals surface area contributed by atoms with Crippen molar-refractivity contribution in [2.75, 3.05) is 0 Å². The lowest BCUT2D eigenvalue weighted by molar-refractivity contribution is 0.283. The maximum absolute atomic E-state index is 11.0. The lowest BCUT2D eigenvalue weighted by Gasteiger charge is -2.18. The quantitative estimate of drug-likeness (QED) is 0.732. The summed E-state index contributed by atoms with van der Waals surface area (Å²) in [6, 6.07) is 6.33. The van der Waals surface area contributed by atoms with E-state index in [9.17, 15) is 4.79 Å². The number of hydrogen-bond donors (Lipinski definition) is 2. The molecule has 1 atom stereocenters. The molecule has 2 rings (SSSR count). The molecule has 6 heteroatoms. The molecule has 0 fully saturated rings. The summed E-state index contributed by atoms with van der Waals surface area (Å²) in [7, 11) is 0. The molecule has 1 heterocycles. The lowest BCUT2D eigenvalue weighted by atomic mass is 10.0. The van der Waals surface area contributed by atoms with Gasteiger partial charge < -0.3 is 4.74 Å². The highest BCUT2D eigenvalue weighted by atomic mass is 32.2. The molecule has 0 aliphatic rings. The van der Waals surface area contributed by atoms with Gasteiger partial charge in [0.05, 0.1) is 5.75 Å². The smallest absolute Gasteiger partial charge is 0.340 e. The third kappa shape index (κ3) is 4.40. The summed E-state index contributed by atoms with van der Waals surface area (Å²) < 4.78 is 6.07. The van der Waals surface area contributed by atoms with Crippen LogP contribution in [0.1, 0.15) is 44.1 Å². The monoisotopic (exact) mass is 321 g/mol. The molecule has 5 nitrogen and oxygen atoms in total. The van der Waals surface area contributed by atoms with Crippen LogP contribution in [0.15, 0.2) is 23.0 Å². The van der Waals surface area contributed by atoms with Gasteiger partial charge in [0, 0.05) is 0 Å². The van der Waals surface area contributed by atoms with Crippen LogP contribution in [0.5, 0.6) is 5.75 Å². The highest BCUT2D eigenvalue weighted by Crippen LogP contribution is 2.25. The molecule has 0 bridgehead atoms. The Morgan fingerprint density at radius 2 is 2.00 bits per heavy atom. The molecule has 0 saturated heterocycles. The number of H-pyrrole nitrogens is 2. The van der Waals surface area contributed by atoms with Gasteiger partial charge in [0.1, 0.15) is 17.0 Å². The average Bonchev–Trinajstić information content (AvgIpc) is 2.96. The van der Waals surface area contributed by atoms with E-state index in [-0.39, 0.29) is 11.1 Å². The molecule has 1 aromatic heterocycles. The van der Waals surface area contributed by atoms with Gasteiger partial charge in [0.15, 0.2) is 0 Å². The summed E-state index contributed by atoms with van der Waals surface area (Å²) in [6.45, 7) is 6.43. The van der Waals surface area contributed by atoms with Crippen LogP contribution < -0.4 is 10.4 Å². The predicted octanol–water partition coefficient (Wildman–Crippen LogP) is 3.27. The number of benzene rings is 1. The lowest BCUT2D eigenvalue weighted by Crippen LogP contribution is -2.12. The molecule has 0 saturated carbocycles. The Hall–Kier alpha value is -1.69. The van der Waals surface area contributed by atoms with E-state index in [1.165, 1.54) is 11.1 Å². The maximum Gasteiger partial charge on any atom is 0.340 e. The van der Waals surface area contributed by atoms with Gasteiger partial charge in [-0.05, 0) is 42.5 Å². The third-order valence-corrected chi connectivity index (χ3v) is 4.74. The van der Waals surface area contributed by atoms with Crippen molar-refractivity contribution in [2.45, 2.75) is 51.2 Å². The number of ether oxygens (including phenoxy) is 1. The molecule has 0 aliphatic carbocycles. The van der Waals surface area contributed by atoms with E-state index >= 15 is 0 Å². The summed E-state index contributed by atoms with van der Waals surface area (Å²) in [5.74, 6) is 2.17. The maximum atomic E-state index is 11.0. The Labute approximate surface area is 134 Å². The second-order valence-corrected chi connectivity index (χ2v) is 6.18. The van der Waals surface area contributed by atoms with Gasteiger partial charge in [-0.15, -0.1) is 11.8 Å². The number of aromatic amines is 2. The summed E-state index contributed by atoms with van der Waals surface area (Å²) in [5.41, 5.74) is 2.49. The molecule has 0 spiro atoms. The fourth-order valence-corrected chi connectivity index (χ4v) is 3.18. The summed E-state index contributed by atoms with van der Waals surface area (Å²) in [5, 5.41) is 6.28. The van der Waals surface area contributed by atoms with Gasteiger partial charge in [0.2, 0.25) is 0 Å². The molecule has 22 heavy (non-hydrogen) atoms. The number of aryl methyl sites for hydroxylation is 2. The van der Waals surface area contributed by atoms with Gasteiger partial charge in [-0.1, -0.05) is 26.8 Å². The highest BCUT2D eigenvalue weighted by molar-refractivity contribution is 7.99. The zero-order chi connectivity index (χ0) is 15.9. The van der Waals surface area contributed by atoms with Crippen molar-refractivity contribution in [2.24, 2.45) is 0 Å². The van der Waals surface area contributed by atoms with Gasteiger partial charge >= 0.3 is 5.69 Å². The van der Waals surface area contributed by atoms with Crippen molar-refractivity contribution in [3.8, 4) is 5.75 Å². The minimum absolute atomic E-state index is 0.0392. The molecule has 0 amide bonds. The minimum Gasteiger partial charge on any atom is -0.480 e. The van der Waals surface area contributed by atoms with Crippen molar-refractivity contribution in [1.82, 2.24) is 15.2 Å². The Morgan fingerprint density at radius 1 is 1.23 bits per heavy atom. The van der Waals surface area contributed by atoms with Crippen molar-refractivity contribution in [3.63, 3.8) is 0 Å². The molecule has 0 aliphatic heterocycles. The first kappa shape index (κ1) is 16.7. The number of aromatic nitrogens is 3. The first-order valence-corrected chi connectivity index (χ1v) is 8.74. The van der Waals surface area contributed by atoms with Crippen LogP contribution >= 0.6 is 11.8 Å².